The van der Waals surface area contributed by atoms with Crippen molar-refractivity contribution in [2.24, 2.45) is 0 Å². The molecule has 1 N–H and O–H groups in total. The third-order valence-electron chi connectivity index (χ3n) is 2.34. The molecule has 0 saturated heterocycles. The van der Waals surface area contributed by atoms with Crippen LogP contribution >= 0.6 is 0 Å². The highest BCUT2D eigenvalue weighted by molar-refractivity contribution is 5.60. The van der Waals surface area contributed by atoms with Gasteiger partial charge in [-0.05, 0) is 24.5 Å². The van der Waals surface area contributed by atoms with Gasteiger partial charge in [-0.25, -0.2) is 4.39 Å². The van der Waals surface area contributed by atoms with Crippen LogP contribution in [-0.4, -0.2) is 19.8 Å². The van der Waals surface area contributed by atoms with E-state index in [4.69, 9.17) is 4.74 Å². The van der Waals surface area contributed by atoms with Crippen LogP contribution in [0.15, 0.2) is 18.2 Å². The molecule has 14 heavy (non-hydrogen) atoms. The van der Waals surface area contributed by atoms with Gasteiger partial charge in [0.2, 0.25) is 0 Å². The minimum atomic E-state index is -0.357. The van der Waals surface area contributed by atoms with E-state index in [0.717, 1.165) is 30.9 Å². The summed E-state index contributed by atoms with van der Waals surface area (Å²) in [5, 5.41) is 3.02. The summed E-state index contributed by atoms with van der Waals surface area (Å²) in [5.41, 5.74) is 2.14. The number of para-hydroxylation sites is 1. The van der Waals surface area contributed by atoms with Crippen molar-refractivity contribution in [3.8, 4) is 5.75 Å². The highest BCUT2D eigenvalue weighted by Gasteiger charge is 2.13. The van der Waals surface area contributed by atoms with Crippen molar-refractivity contribution in [2.75, 3.05) is 25.1 Å². The molecule has 0 atom stereocenters. The normalized spacial score (nSPS) is 14.4. The molecule has 0 fully saturated rings. The monoisotopic (exact) mass is 195 g/mol. The van der Waals surface area contributed by atoms with Crippen LogP contribution in [0.1, 0.15) is 12.0 Å². The average Bonchev–Trinajstić information content (AvgIpc) is 2.26. The van der Waals surface area contributed by atoms with Crippen molar-refractivity contribution in [1.82, 2.24) is 0 Å². The summed E-state index contributed by atoms with van der Waals surface area (Å²) in [4.78, 5) is 0. The number of anilines is 1. The maximum Gasteiger partial charge on any atom is 0.145 e. The number of halogens is 1. The Hall–Kier alpha value is -1.25. The molecule has 1 aliphatic rings. The van der Waals surface area contributed by atoms with E-state index in [1.54, 1.807) is 0 Å². The van der Waals surface area contributed by atoms with Crippen molar-refractivity contribution >= 4 is 5.69 Å². The largest absolute Gasteiger partial charge is 0.491 e. The van der Waals surface area contributed by atoms with Gasteiger partial charge in [0.1, 0.15) is 12.4 Å². The predicted molar refractivity (Wildman–Crippen MR) is 54.7 cm³/mol. The number of aryl methyl sites for hydroxylation is 1. The second kappa shape index (κ2) is 4.31. The van der Waals surface area contributed by atoms with Crippen LogP contribution in [0.4, 0.5) is 10.1 Å². The highest BCUT2D eigenvalue weighted by Crippen LogP contribution is 2.32. The predicted octanol–water partition coefficient (Wildman–Crippen LogP) is 2.39. The van der Waals surface area contributed by atoms with Crippen LogP contribution in [-0.2, 0) is 6.42 Å². The summed E-state index contributed by atoms with van der Waals surface area (Å²) >= 11 is 0. The first-order chi connectivity index (χ1) is 6.92. The SMILES string of the molecule is FCCNc1cccc2c1OCCC2. The van der Waals surface area contributed by atoms with Crippen LogP contribution < -0.4 is 10.1 Å². The Labute approximate surface area is 83.1 Å². The van der Waals surface area contributed by atoms with E-state index in [1.807, 2.05) is 12.1 Å². The molecule has 0 saturated carbocycles. The molecule has 0 amide bonds. The maximum atomic E-state index is 12.0. The Morgan fingerprint density at radius 1 is 1.43 bits per heavy atom. The molecule has 2 rings (SSSR count). The van der Waals surface area contributed by atoms with Gasteiger partial charge in [-0.1, -0.05) is 12.1 Å². The number of fused-ring (bicyclic) bond motifs is 1. The van der Waals surface area contributed by atoms with Crippen LogP contribution in [0, 0.1) is 0 Å². The fraction of sp³-hybridized carbons (Fsp3) is 0.455. The number of hydrogen-bond acceptors (Lipinski definition) is 2. The third kappa shape index (κ3) is 1.81. The van der Waals surface area contributed by atoms with Crippen LogP contribution in [0.3, 0.4) is 0 Å². The Morgan fingerprint density at radius 2 is 2.36 bits per heavy atom. The second-order valence-electron chi connectivity index (χ2n) is 3.36. The number of hydrogen-bond donors (Lipinski definition) is 1. The molecule has 1 aromatic carbocycles. The van der Waals surface area contributed by atoms with Gasteiger partial charge >= 0.3 is 0 Å². The van der Waals surface area contributed by atoms with E-state index in [9.17, 15) is 4.39 Å². The fourth-order valence-electron chi connectivity index (χ4n) is 1.71. The number of benzene rings is 1. The first kappa shape index (κ1) is 9.31. The van der Waals surface area contributed by atoms with Gasteiger partial charge in [-0.15, -0.1) is 0 Å². The standard InChI is InChI=1S/C11H14FNO/c12-6-7-13-10-5-1-3-9-4-2-8-14-11(9)10/h1,3,5,13H,2,4,6-8H2. The molecule has 1 aromatic rings. The van der Waals surface area contributed by atoms with E-state index in [-0.39, 0.29) is 6.67 Å². The summed E-state index contributed by atoms with van der Waals surface area (Å²) in [5.74, 6) is 0.909. The smallest absolute Gasteiger partial charge is 0.145 e. The van der Waals surface area contributed by atoms with E-state index in [0.29, 0.717) is 6.54 Å². The van der Waals surface area contributed by atoms with Gasteiger partial charge in [-0.3, -0.25) is 0 Å². The summed E-state index contributed by atoms with van der Waals surface area (Å²) in [6.07, 6.45) is 2.13. The lowest BCUT2D eigenvalue weighted by molar-refractivity contribution is 0.289. The molecule has 1 heterocycles. The van der Waals surface area contributed by atoms with Gasteiger partial charge in [-0.2, -0.15) is 0 Å². The summed E-state index contributed by atoms with van der Waals surface area (Å²) in [6.45, 7) is 0.755. The molecule has 3 heteroatoms. The average molecular weight is 195 g/mol. The molecule has 0 unspecified atom stereocenters. The molecular formula is C11H14FNO. The zero-order valence-corrected chi connectivity index (χ0v) is 8.05. The van der Waals surface area contributed by atoms with Crippen LogP contribution in [0.25, 0.3) is 0 Å². The molecule has 76 valence electrons. The molecule has 0 aromatic heterocycles. The Balaban J connectivity index is 2.21. The Morgan fingerprint density at radius 3 is 3.21 bits per heavy atom. The van der Waals surface area contributed by atoms with Crippen LogP contribution in [0.2, 0.25) is 0 Å². The zero-order valence-electron chi connectivity index (χ0n) is 8.05. The van der Waals surface area contributed by atoms with Crippen molar-refractivity contribution < 1.29 is 9.13 Å². The second-order valence-corrected chi connectivity index (χ2v) is 3.36. The number of ether oxygens (including phenoxy) is 1. The molecule has 0 aliphatic carbocycles. The zero-order chi connectivity index (χ0) is 9.80. The first-order valence-corrected chi connectivity index (χ1v) is 4.96. The number of rotatable bonds is 3. The minimum Gasteiger partial charge on any atom is -0.491 e. The molecule has 1 aliphatic heterocycles. The van der Waals surface area contributed by atoms with E-state index in [1.165, 1.54) is 5.56 Å². The van der Waals surface area contributed by atoms with Gasteiger partial charge in [0, 0.05) is 6.54 Å². The molecular weight excluding hydrogens is 181 g/mol. The van der Waals surface area contributed by atoms with Gasteiger partial charge in [0.25, 0.3) is 0 Å². The summed E-state index contributed by atoms with van der Waals surface area (Å²) in [7, 11) is 0. The van der Waals surface area contributed by atoms with Gasteiger partial charge < -0.3 is 10.1 Å². The lowest BCUT2D eigenvalue weighted by Crippen LogP contribution is -2.12. The highest BCUT2D eigenvalue weighted by atomic mass is 19.1. The molecule has 0 bridgehead atoms. The Bertz CT molecular complexity index is 314. The quantitative estimate of drug-likeness (QED) is 0.799. The lowest BCUT2D eigenvalue weighted by atomic mass is 10.1. The first-order valence-electron chi connectivity index (χ1n) is 4.96. The fourth-order valence-corrected chi connectivity index (χ4v) is 1.71. The molecule has 0 radical (unpaired) electrons. The number of alkyl halides is 1. The number of nitrogens with one attached hydrogen (secondary N) is 1. The van der Waals surface area contributed by atoms with Crippen molar-refractivity contribution in [3.63, 3.8) is 0 Å². The van der Waals surface area contributed by atoms with E-state index >= 15 is 0 Å². The van der Waals surface area contributed by atoms with Crippen molar-refractivity contribution in [3.05, 3.63) is 23.8 Å². The molecule has 2 nitrogen and oxygen atoms in total. The van der Waals surface area contributed by atoms with E-state index < -0.39 is 0 Å². The lowest BCUT2D eigenvalue weighted by Gasteiger charge is -2.20. The van der Waals surface area contributed by atoms with Crippen molar-refractivity contribution in [1.29, 1.82) is 0 Å². The van der Waals surface area contributed by atoms with E-state index in [2.05, 4.69) is 11.4 Å². The third-order valence-corrected chi connectivity index (χ3v) is 2.34. The topological polar surface area (TPSA) is 21.3 Å². The molecule has 0 spiro atoms. The Kier molecular flexibility index (Phi) is 2.87. The van der Waals surface area contributed by atoms with Gasteiger partial charge in [0.15, 0.2) is 0 Å². The summed E-state index contributed by atoms with van der Waals surface area (Å²) < 4.78 is 17.6. The van der Waals surface area contributed by atoms with Crippen molar-refractivity contribution in [2.45, 2.75) is 12.8 Å². The maximum absolute atomic E-state index is 12.0. The van der Waals surface area contributed by atoms with Gasteiger partial charge in [0.05, 0.1) is 12.3 Å². The minimum absolute atomic E-state index is 0.347. The summed E-state index contributed by atoms with van der Waals surface area (Å²) in [6, 6.07) is 5.98. The van der Waals surface area contributed by atoms with Crippen LogP contribution in [0.5, 0.6) is 5.75 Å².